The maximum absolute atomic E-state index is 13.8. The third kappa shape index (κ3) is 5.62. The van der Waals surface area contributed by atoms with Gasteiger partial charge in [0.2, 0.25) is 0 Å². The third-order valence-corrected chi connectivity index (χ3v) is 5.10. The van der Waals surface area contributed by atoms with E-state index in [0.717, 1.165) is 0 Å². The Kier molecular flexibility index (Phi) is 6.91. The second-order valence-corrected chi connectivity index (χ2v) is 7.18. The van der Waals surface area contributed by atoms with Crippen molar-refractivity contribution >= 4 is 29.1 Å². The normalized spacial score (nSPS) is 14.0. The van der Waals surface area contributed by atoms with Gasteiger partial charge < -0.3 is 15.5 Å². The largest absolute Gasteiger partial charge is 0.348 e. The number of halogens is 1. The lowest BCUT2D eigenvalue weighted by molar-refractivity contribution is -0.384. The van der Waals surface area contributed by atoms with E-state index in [1.54, 1.807) is 11.0 Å². The van der Waals surface area contributed by atoms with E-state index < -0.39 is 22.6 Å². The molecular weight excluding hydrogens is 407 g/mol. The number of benzene rings is 2. The van der Waals surface area contributed by atoms with Crippen LogP contribution in [0.1, 0.15) is 23.2 Å². The monoisotopic (exact) mass is 428 g/mol. The number of rotatable bonds is 5. The van der Waals surface area contributed by atoms with E-state index >= 15 is 0 Å². The van der Waals surface area contributed by atoms with Gasteiger partial charge >= 0.3 is 11.8 Å². The lowest BCUT2D eigenvalue weighted by atomic mass is 9.96. The van der Waals surface area contributed by atoms with Gasteiger partial charge in [-0.1, -0.05) is 12.1 Å². The molecular formula is C21H21FN4O5. The third-order valence-electron chi connectivity index (χ3n) is 5.10. The van der Waals surface area contributed by atoms with Crippen LogP contribution in [0.25, 0.3) is 0 Å². The number of likely N-dealkylation sites (tertiary alicyclic amines) is 1. The average Bonchev–Trinajstić information content (AvgIpc) is 2.78. The molecule has 0 unspecified atom stereocenters. The Labute approximate surface area is 177 Å². The van der Waals surface area contributed by atoms with Crippen LogP contribution < -0.4 is 10.6 Å². The summed E-state index contributed by atoms with van der Waals surface area (Å²) in [5.74, 6) is -2.52. The van der Waals surface area contributed by atoms with E-state index in [9.17, 15) is 28.9 Å². The molecule has 3 rings (SSSR count). The molecule has 31 heavy (non-hydrogen) atoms. The molecule has 1 aliphatic rings. The summed E-state index contributed by atoms with van der Waals surface area (Å²) in [6, 6.07) is 11.0. The number of amides is 3. The lowest BCUT2D eigenvalue weighted by Gasteiger charge is -2.32. The van der Waals surface area contributed by atoms with Crippen molar-refractivity contribution in [1.29, 1.82) is 0 Å². The van der Waals surface area contributed by atoms with Crippen molar-refractivity contribution in [3.63, 3.8) is 0 Å². The predicted octanol–water partition coefficient (Wildman–Crippen LogP) is 2.34. The molecule has 1 aliphatic heterocycles. The highest BCUT2D eigenvalue weighted by atomic mass is 19.1. The SMILES string of the molecule is O=C(NCC1CCN(C(=O)c2ccccc2F)CC1)C(=O)Nc1ccc([N+](=O)[O-])cc1. The topological polar surface area (TPSA) is 122 Å². The number of carbonyl (C=O) groups is 3. The molecule has 1 fully saturated rings. The van der Waals surface area contributed by atoms with Gasteiger partial charge in [0.1, 0.15) is 5.82 Å². The first kappa shape index (κ1) is 21.9. The molecule has 0 saturated carbocycles. The Bertz CT molecular complexity index is 988. The van der Waals surface area contributed by atoms with Gasteiger partial charge in [-0.2, -0.15) is 0 Å². The second-order valence-electron chi connectivity index (χ2n) is 7.18. The first-order valence-corrected chi connectivity index (χ1v) is 9.72. The summed E-state index contributed by atoms with van der Waals surface area (Å²) in [6.45, 7) is 1.14. The van der Waals surface area contributed by atoms with E-state index in [1.807, 2.05) is 0 Å². The maximum Gasteiger partial charge on any atom is 0.313 e. The molecule has 0 radical (unpaired) electrons. The number of hydrogen-bond donors (Lipinski definition) is 2. The number of anilines is 1. The van der Waals surface area contributed by atoms with E-state index in [4.69, 9.17) is 0 Å². The molecule has 2 aromatic rings. The first-order valence-electron chi connectivity index (χ1n) is 9.72. The van der Waals surface area contributed by atoms with Crippen LogP contribution in [0.3, 0.4) is 0 Å². The van der Waals surface area contributed by atoms with Crippen molar-refractivity contribution in [1.82, 2.24) is 10.2 Å². The van der Waals surface area contributed by atoms with Crippen molar-refractivity contribution in [3.8, 4) is 0 Å². The second kappa shape index (κ2) is 9.79. The van der Waals surface area contributed by atoms with Gasteiger partial charge in [0.15, 0.2) is 0 Å². The molecule has 1 saturated heterocycles. The first-order chi connectivity index (χ1) is 14.8. The summed E-state index contributed by atoms with van der Waals surface area (Å²) in [4.78, 5) is 48.1. The molecule has 0 spiro atoms. The fourth-order valence-corrected chi connectivity index (χ4v) is 3.32. The van der Waals surface area contributed by atoms with Crippen LogP contribution in [0, 0.1) is 21.8 Å². The van der Waals surface area contributed by atoms with Gasteiger partial charge in [-0.15, -0.1) is 0 Å². The maximum atomic E-state index is 13.8. The van der Waals surface area contributed by atoms with Crippen molar-refractivity contribution in [3.05, 3.63) is 70.0 Å². The minimum absolute atomic E-state index is 0.0390. The molecule has 9 nitrogen and oxygen atoms in total. The molecule has 0 aliphatic carbocycles. The summed E-state index contributed by atoms with van der Waals surface area (Å²) in [6.07, 6.45) is 1.23. The van der Waals surface area contributed by atoms with Crippen LogP contribution in [0.15, 0.2) is 48.5 Å². The van der Waals surface area contributed by atoms with E-state index in [2.05, 4.69) is 10.6 Å². The molecule has 2 N–H and O–H groups in total. The lowest BCUT2D eigenvalue weighted by Crippen LogP contribution is -2.43. The molecule has 1 heterocycles. The number of nitro benzene ring substituents is 1. The van der Waals surface area contributed by atoms with Crippen LogP contribution in [0.4, 0.5) is 15.8 Å². The highest BCUT2D eigenvalue weighted by Crippen LogP contribution is 2.20. The number of hydrogen-bond acceptors (Lipinski definition) is 5. The van der Waals surface area contributed by atoms with Gasteiger partial charge in [-0.25, -0.2) is 4.39 Å². The zero-order chi connectivity index (χ0) is 22.4. The molecule has 0 bridgehead atoms. The van der Waals surface area contributed by atoms with Crippen LogP contribution in [-0.4, -0.2) is 47.2 Å². The van der Waals surface area contributed by atoms with Crippen molar-refractivity contribution in [2.75, 3.05) is 25.0 Å². The molecule has 0 atom stereocenters. The Balaban J connectivity index is 1.43. The Morgan fingerprint density at radius 1 is 1.03 bits per heavy atom. The van der Waals surface area contributed by atoms with Crippen LogP contribution >= 0.6 is 0 Å². The zero-order valence-electron chi connectivity index (χ0n) is 16.5. The predicted molar refractivity (Wildman–Crippen MR) is 110 cm³/mol. The summed E-state index contributed by atoms with van der Waals surface area (Å²) in [5.41, 5.74) is 0.185. The van der Waals surface area contributed by atoms with E-state index in [0.29, 0.717) is 25.9 Å². The van der Waals surface area contributed by atoms with Gasteiger partial charge in [0.05, 0.1) is 10.5 Å². The van der Waals surface area contributed by atoms with Crippen molar-refractivity contribution in [2.45, 2.75) is 12.8 Å². The number of carbonyl (C=O) groups excluding carboxylic acids is 3. The fourth-order valence-electron chi connectivity index (χ4n) is 3.32. The standard InChI is InChI=1S/C21H21FN4O5/c22-18-4-2-1-3-17(18)21(29)25-11-9-14(10-12-25)13-23-19(27)20(28)24-15-5-7-16(8-6-15)26(30)31/h1-8,14H,9-13H2,(H,23,27)(H,24,28). The summed E-state index contributed by atoms with van der Waals surface area (Å²) < 4.78 is 13.8. The van der Waals surface area contributed by atoms with E-state index in [1.165, 1.54) is 42.5 Å². The number of piperidine rings is 1. The Morgan fingerprint density at radius 2 is 1.68 bits per heavy atom. The summed E-state index contributed by atoms with van der Waals surface area (Å²) >= 11 is 0. The fraction of sp³-hybridized carbons (Fsp3) is 0.286. The molecule has 0 aromatic heterocycles. The number of non-ortho nitro benzene ring substituents is 1. The number of nitrogens with zero attached hydrogens (tertiary/aromatic N) is 2. The van der Waals surface area contributed by atoms with E-state index in [-0.39, 0.29) is 35.3 Å². The summed E-state index contributed by atoms with van der Waals surface area (Å²) in [7, 11) is 0. The molecule has 10 heteroatoms. The van der Waals surface area contributed by atoms with Gasteiger partial charge in [0, 0.05) is 37.5 Å². The number of nitrogens with one attached hydrogen (secondary N) is 2. The number of nitro groups is 1. The molecule has 3 amide bonds. The highest BCUT2D eigenvalue weighted by Gasteiger charge is 2.26. The van der Waals surface area contributed by atoms with Crippen LogP contribution in [0.5, 0.6) is 0 Å². The molecule has 162 valence electrons. The van der Waals surface area contributed by atoms with Gasteiger partial charge in [-0.05, 0) is 43.0 Å². The van der Waals surface area contributed by atoms with Gasteiger partial charge in [-0.3, -0.25) is 24.5 Å². The Hall–Kier alpha value is -3.82. The van der Waals surface area contributed by atoms with Crippen LogP contribution in [0.2, 0.25) is 0 Å². The molecule has 2 aromatic carbocycles. The zero-order valence-corrected chi connectivity index (χ0v) is 16.5. The quantitative estimate of drug-likeness (QED) is 0.430. The van der Waals surface area contributed by atoms with Gasteiger partial charge in [0.25, 0.3) is 11.6 Å². The van der Waals surface area contributed by atoms with Crippen molar-refractivity contribution < 1.29 is 23.7 Å². The minimum atomic E-state index is -0.874. The highest BCUT2D eigenvalue weighted by molar-refractivity contribution is 6.39. The summed E-state index contributed by atoms with van der Waals surface area (Å²) in [5, 5.41) is 15.6. The van der Waals surface area contributed by atoms with Crippen LogP contribution in [-0.2, 0) is 9.59 Å². The smallest absolute Gasteiger partial charge is 0.313 e. The van der Waals surface area contributed by atoms with Crippen molar-refractivity contribution in [2.24, 2.45) is 5.92 Å². The minimum Gasteiger partial charge on any atom is -0.348 e. The Morgan fingerprint density at radius 3 is 2.29 bits per heavy atom. The average molecular weight is 428 g/mol.